The maximum atomic E-state index is 8.63. The molecule has 9 heteroatoms. The summed E-state index contributed by atoms with van der Waals surface area (Å²) in [6, 6.07) is 0. The molecule has 0 atom stereocenters. The minimum Gasteiger partial charge on any atom is -0.726 e. The number of hydrogen-bond acceptors (Lipinski definition) is 4. The number of hydrogen-bond donors (Lipinski definition) is 4. The van der Waals surface area contributed by atoms with Gasteiger partial charge in [-0.2, -0.15) is 0 Å². The van der Waals surface area contributed by atoms with Crippen molar-refractivity contribution in [3.8, 4) is 0 Å². The van der Waals surface area contributed by atoms with Crippen LogP contribution >= 0.6 is 0 Å². The zero-order valence-electron chi connectivity index (χ0n) is 6.86. The predicted octanol–water partition coefficient (Wildman–Crippen LogP) is -4.50. The molecular weight excluding hydrogens is 197 g/mol. The third-order valence-electron chi connectivity index (χ3n) is 0.367. The molecule has 0 saturated carbocycles. The second-order valence-corrected chi connectivity index (χ2v) is 2.23. The molecule has 0 bridgehead atoms. The van der Waals surface area contributed by atoms with Crippen LogP contribution in [0.1, 0.15) is 6.92 Å². The molecule has 0 rings (SSSR count). The molecule has 0 amide bonds. The van der Waals surface area contributed by atoms with Gasteiger partial charge in [0.2, 0.25) is 10.4 Å². The van der Waals surface area contributed by atoms with Crippen LogP contribution in [0.3, 0.4) is 0 Å². The van der Waals surface area contributed by atoms with E-state index in [9.17, 15) is 0 Å². The molecule has 0 fully saturated rings. The van der Waals surface area contributed by atoms with E-state index in [1.54, 1.807) is 0 Å². The molecule has 0 saturated heterocycles. The van der Waals surface area contributed by atoms with Crippen molar-refractivity contribution >= 4 is 16.4 Å². The van der Waals surface area contributed by atoms with Crippen LogP contribution in [0.2, 0.25) is 0 Å². The van der Waals surface area contributed by atoms with E-state index in [-0.39, 0.29) is 35.5 Å². The van der Waals surface area contributed by atoms with E-state index in [2.05, 4.69) is 5.32 Å². The van der Waals surface area contributed by atoms with Crippen molar-refractivity contribution in [3.05, 3.63) is 0 Å². The third-order valence-corrected chi connectivity index (χ3v) is 0.367. The maximum absolute atomic E-state index is 8.63. The van der Waals surface area contributed by atoms with Gasteiger partial charge in [-0.15, -0.1) is 0 Å². The molecule has 0 aliphatic heterocycles. The van der Waals surface area contributed by atoms with Crippen molar-refractivity contribution in [1.82, 2.24) is 5.32 Å². The Hall–Kier alpha value is 0.140. The minimum absolute atomic E-state index is 0. The third kappa shape index (κ3) is 85.9. The largest absolute Gasteiger partial charge is 1.00 e. The summed E-state index contributed by atoms with van der Waals surface area (Å²) in [6.07, 6.45) is 0. The molecule has 12 heavy (non-hydrogen) atoms. The average Bonchev–Trinajstić information content (AvgIpc) is 1.58. The van der Waals surface area contributed by atoms with Crippen molar-refractivity contribution in [2.45, 2.75) is 6.92 Å². The van der Waals surface area contributed by atoms with Gasteiger partial charge >= 0.3 is 29.6 Å². The Morgan fingerprint density at radius 1 is 1.75 bits per heavy atom. The van der Waals surface area contributed by atoms with E-state index in [1.165, 1.54) is 0 Å². The number of nitrogens with two attached hydrogens (primary N) is 1. The van der Waals surface area contributed by atoms with E-state index in [0.29, 0.717) is 0 Å². The fourth-order valence-corrected chi connectivity index (χ4v) is 0.190. The van der Waals surface area contributed by atoms with Crippen molar-refractivity contribution in [2.75, 3.05) is 6.54 Å². The fraction of sp³-hybridized carbons (Fsp3) is 0.667. The summed E-state index contributed by atoms with van der Waals surface area (Å²) >= 11 is 0. The Balaban J connectivity index is -0.000000126. The molecule has 0 radical (unpaired) electrons. The molecule has 0 spiro atoms. The zero-order chi connectivity index (χ0) is 9.49. The van der Waals surface area contributed by atoms with Gasteiger partial charge in [0.25, 0.3) is 0 Å². The number of guanidine groups is 1. The normalized spacial score (nSPS) is 8.58. The average molecular weight is 207 g/mol. The molecule has 0 aliphatic rings. The topological polar surface area (TPSA) is 139 Å². The van der Waals surface area contributed by atoms with Crippen molar-refractivity contribution in [1.29, 1.82) is 5.41 Å². The van der Waals surface area contributed by atoms with Crippen LogP contribution in [0.15, 0.2) is 0 Å². The fourth-order valence-electron chi connectivity index (χ4n) is 0.190. The van der Waals surface area contributed by atoms with E-state index in [4.69, 9.17) is 28.7 Å². The molecule has 0 heterocycles. The SMILES string of the molecule is CCNC(=N)N.O=S(=O)([O-])O.[Na+]. The van der Waals surface area contributed by atoms with Gasteiger partial charge in [-0.05, 0) is 6.92 Å². The molecule has 5 N–H and O–H groups in total. The molecule has 0 aliphatic carbocycles. The summed E-state index contributed by atoms with van der Waals surface area (Å²) in [6.45, 7) is 2.62. The molecule has 0 unspecified atom stereocenters. The van der Waals surface area contributed by atoms with Gasteiger partial charge in [-0.1, -0.05) is 0 Å². The Morgan fingerprint density at radius 2 is 2.00 bits per heavy atom. The summed E-state index contributed by atoms with van der Waals surface area (Å²) < 4.78 is 32.8. The summed E-state index contributed by atoms with van der Waals surface area (Å²) in [7, 11) is -4.92. The molecule has 68 valence electrons. The van der Waals surface area contributed by atoms with Gasteiger partial charge in [-0.25, -0.2) is 8.42 Å². The van der Waals surface area contributed by atoms with Crippen LogP contribution in [0.4, 0.5) is 0 Å². The first-order valence-corrected chi connectivity index (χ1v) is 3.90. The van der Waals surface area contributed by atoms with Gasteiger partial charge in [0.15, 0.2) is 5.96 Å². The first kappa shape index (κ1) is 18.0. The van der Waals surface area contributed by atoms with Gasteiger partial charge in [0.1, 0.15) is 0 Å². The van der Waals surface area contributed by atoms with Gasteiger partial charge < -0.3 is 15.6 Å². The van der Waals surface area contributed by atoms with E-state index in [0.717, 1.165) is 6.54 Å². The summed E-state index contributed by atoms with van der Waals surface area (Å²) in [4.78, 5) is 0. The second-order valence-electron chi connectivity index (χ2n) is 1.37. The molecule has 7 nitrogen and oxygen atoms in total. The van der Waals surface area contributed by atoms with Crippen LogP contribution in [0.25, 0.3) is 0 Å². The Kier molecular flexibility index (Phi) is 13.9. The Morgan fingerprint density at radius 3 is 2.00 bits per heavy atom. The Bertz CT molecular complexity index is 196. The van der Waals surface area contributed by atoms with Crippen LogP contribution in [-0.2, 0) is 10.4 Å². The first-order chi connectivity index (χ1) is 4.77. The Labute approximate surface area is 93.1 Å². The van der Waals surface area contributed by atoms with E-state index < -0.39 is 10.4 Å². The van der Waals surface area contributed by atoms with Crippen molar-refractivity contribution < 1.29 is 47.1 Å². The quantitative estimate of drug-likeness (QED) is 0.112. The predicted molar refractivity (Wildman–Crippen MR) is 37.9 cm³/mol. The van der Waals surface area contributed by atoms with Crippen LogP contribution in [-0.4, -0.2) is 30.0 Å². The molecule has 0 aromatic carbocycles. The molecule has 0 aromatic rings. The second kappa shape index (κ2) is 9.23. The van der Waals surface area contributed by atoms with Crippen molar-refractivity contribution in [3.63, 3.8) is 0 Å². The van der Waals surface area contributed by atoms with Gasteiger partial charge in [0, 0.05) is 6.54 Å². The van der Waals surface area contributed by atoms with Crippen LogP contribution in [0, 0.1) is 5.41 Å². The monoisotopic (exact) mass is 207 g/mol. The summed E-state index contributed by atoms with van der Waals surface area (Å²) in [5.41, 5.74) is 4.88. The van der Waals surface area contributed by atoms with Crippen molar-refractivity contribution in [2.24, 2.45) is 5.73 Å². The minimum atomic E-state index is -4.92. The van der Waals surface area contributed by atoms with E-state index in [1.807, 2.05) is 6.92 Å². The standard InChI is InChI=1S/C3H9N3.Na.H2O4S/c1-2-6-3(4)5;;1-5(2,3)4/h2H2,1H3,(H4,4,5,6);;(H2,1,2,3,4)/q;+1;/p-1. The van der Waals surface area contributed by atoms with Crippen LogP contribution < -0.4 is 40.6 Å². The smallest absolute Gasteiger partial charge is 0.726 e. The summed E-state index contributed by atoms with van der Waals surface area (Å²) in [5, 5.41) is 9.13. The number of nitrogens with one attached hydrogen (secondary N) is 2. The number of rotatable bonds is 1. The molecular formula is C3H10N3NaO4S. The van der Waals surface area contributed by atoms with Gasteiger partial charge in [-0.3, -0.25) is 9.96 Å². The van der Waals surface area contributed by atoms with Crippen LogP contribution in [0.5, 0.6) is 0 Å². The van der Waals surface area contributed by atoms with Gasteiger partial charge in [0.05, 0.1) is 0 Å². The first-order valence-electron chi connectivity index (χ1n) is 2.53. The molecule has 0 aromatic heterocycles. The van der Waals surface area contributed by atoms with E-state index >= 15 is 0 Å². The maximum Gasteiger partial charge on any atom is 1.00 e. The summed E-state index contributed by atoms with van der Waals surface area (Å²) in [5.74, 6) is 0.0394. The zero-order valence-corrected chi connectivity index (χ0v) is 9.68.